The van der Waals surface area contributed by atoms with E-state index in [1.54, 1.807) is 0 Å². The van der Waals surface area contributed by atoms with Crippen molar-refractivity contribution in [2.45, 2.75) is 19.9 Å². The lowest BCUT2D eigenvalue weighted by Crippen LogP contribution is -2.31. The fourth-order valence-corrected chi connectivity index (χ4v) is 2.88. The Labute approximate surface area is 120 Å². The molecule has 0 aliphatic rings. The van der Waals surface area contributed by atoms with Crippen molar-refractivity contribution in [2.24, 2.45) is 5.92 Å². The second kappa shape index (κ2) is 6.13. The molecule has 1 amide bonds. The molecule has 1 N–H and O–H groups in total. The van der Waals surface area contributed by atoms with Crippen molar-refractivity contribution in [1.29, 1.82) is 0 Å². The Bertz CT molecular complexity index is 596. The van der Waals surface area contributed by atoms with Crippen molar-refractivity contribution >= 4 is 17.2 Å². The lowest BCUT2D eigenvalue weighted by atomic mass is 10.0. The van der Waals surface area contributed by atoms with Crippen LogP contribution >= 0.6 is 11.3 Å². The monoisotopic (exact) mass is 295 g/mol. The highest BCUT2D eigenvalue weighted by atomic mass is 32.1. The number of halogens is 2. The molecule has 0 fully saturated rings. The molecule has 1 atom stereocenters. The topological polar surface area (TPSA) is 29.1 Å². The predicted octanol–water partition coefficient (Wildman–Crippen LogP) is 4.15. The van der Waals surface area contributed by atoms with Crippen LogP contribution < -0.4 is 5.32 Å². The molecule has 106 valence electrons. The zero-order valence-corrected chi connectivity index (χ0v) is 12.0. The van der Waals surface area contributed by atoms with Gasteiger partial charge in [-0.15, -0.1) is 11.3 Å². The van der Waals surface area contributed by atoms with Crippen LogP contribution in [-0.4, -0.2) is 5.91 Å². The maximum absolute atomic E-state index is 13.6. The van der Waals surface area contributed by atoms with Gasteiger partial charge in [-0.05, 0) is 29.5 Å². The van der Waals surface area contributed by atoms with E-state index in [9.17, 15) is 13.6 Å². The fourth-order valence-electron chi connectivity index (χ4n) is 1.93. The largest absolute Gasteiger partial charge is 0.344 e. The van der Waals surface area contributed by atoms with Gasteiger partial charge in [-0.2, -0.15) is 0 Å². The molecular weight excluding hydrogens is 280 g/mol. The molecule has 0 spiro atoms. The molecule has 5 heteroatoms. The highest BCUT2D eigenvalue weighted by Gasteiger charge is 2.21. The van der Waals surface area contributed by atoms with Crippen molar-refractivity contribution in [3.05, 3.63) is 57.8 Å². The van der Waals surface area contributed by atoms with Gasteiger partial charge in [0.2, 0.25) is 0 Å². The van der Waals surface area contributed by atoms with Gasteiger partial charge >= 0.3 is 0 Å². The smallest absolute Gasteiger partial charge is 0.254 e. The van der Waals surface area contributed by atoms with E-state index in [0.717, 1.165) is 17.0 Å². The Morgan fingerprint density at radius 1 is 1.25 bits per heavy atom. The minimum Gasteiger partial charge on any atom is -0.344 e. The van der Waals surface area contributed by atoms with Gasteiger partial charge in [-0.3, -0.25) is 4.79 Å². The Balaban J connectivity index is 2.21. The summed E-state index contributed by atoms with van der Waals surface area (Å²) in [6.07, 6.45) is 0. The van der Waals surface area contributed by atoms with Gasteiger partial charge in [0, 0.05) is 10.9 Å². The molecule has 0 aliphatic heterocycles. The number of amides is 1. The molecule has 20 heavy (non-hydrogen) atoms. The Morgan fingerprint density at radius 2 is 2.00 bits per heavy atom. The molecule has 1 aromatic carbocycles. The van der Waals surface area contributed by atoms with E-state index in [4.69, 9.17) is 0 Å². The summed E-state index contributed by atoms with van der Waals surface area (Å²) in [6, 6.07) is 6.59. The summed E-state index contributed by atoms with van der Waals surface area (Å²) in [4.78, 5) is 13.1. The van der Waals surface area contributed by atoms with Crippen molar-refractivity contribution in [3.63, 3.8) is 0 Å². The summed E-state index contributed by atoms with van der Waals surface area (Å²) in [5, 5.41) is 4.73. The van der Waals surface area contributed by atoms with Gasteiger partial charge in [0.15, 0.2) is 0 Å². The number of thiophene rings is 1. The lowest BCUT2D eigenvalue weighted by molar-refractivity contribution is 0.0922. The molecule has 2 rings (SSSR count). The summed E-state index contributed by atoms with van der Waals surface area (Å²) in [5.41, 5.74) is -0.145. The summed E-state index contributed by atoms with van der Waals surface area (Å²) < 4.78 is 26.5. The van der Waals surface area contributed by atoms with Crippen LogP contribution in [0.2, 0.25) is 0 Å². The normalized spacial score (nSPS) is 12.4. The molecule has 1 heterocycles. The van der Waals surface area contributed by atoms with Crippen LogP contribution in [0.25, 0.3) is 0 Å². The van der Waals surface area contributed by atoms with Crippen molar-refractivity contribution < 1.29 is 13.6 Å². The quantitative estimate of drug-likeness (QED) is 0.902. The van der Waals surface area contributed by atoms with Gasteiger partial charge in [-0.1, -0.05) is 19.9 Å². The minimum absolute atomic E-state index is 0.145. The standard InChI is InChI=1S/C15H15F2NOS/c1-9(2)14(13-4-3-7-20-13)18-15(19)11-6-5-10(16)8-12(11)17/h3-9,14H,1-2H3,(H,18,19). The third-order valence-corrected chi connectivity index (χ3v) is 3.93. The fraction of sp³-hybridized carbons (Fsp3) is 0.267. The third-order valence-electron chi connectivity index (χ3n) is 2.98. The number of nitrogens with one attached hydrogen (secondary N) is 1. The average Bonchev–Trinajstić information content (AvgIpc) is 2.88. The lowest BCUT2D eigenvalue weighted by Gasteiger charge is -2.21. The average molecular weight is 295 g/mol. The van der Waals surface area contributed by atoms with E-state index >= 15 is 0 Å². The van der Waals surface area contributed by atoms with Crippen LogP contribution in [0.15, 0.2) is 35.7 Å². The second-order valence-electron chi connectivity index (χ2n) is 4.83. The summed E-state index contributed by atoms with van der Waals surface area (Å²) >= 11 is 1.53. The predicted molar refractivity (Wildman–Crippen MR) is 75.7 cm³/mol. The van der Waals surface area contributed by atoms with Crippen molar-refractivity contribution in [3.8, 4) is 0 Å². The van der Waals surface area contributed by atoms with Crippen LogP contribution in [0.1, 0.15) is 35.1 Å². The van der Waals surface area contributed by atoms with Crippen LogP contribution in [0.3, 0.4) is 0 Å². The first kappa shape index (κ1) is 14.7. The number of benzene rings is 1. The number of hydrogen-bond acceptors (Lipinski definition) is 2. The van der Waals surface area contributed by atoms with E-state index < -0.39 is 17.5 Å². The highest BCUT2D eigenvalue weighted by Crippen LogP contribution is 2.26. The number of hydrogen-bond donors (Lipinski definition) is 1. The molecular formula is C15H15F2NOS. The van der Waals surface area contributed by atoms with Gasteiger partial charge in [-0.25, -0.2) is 8.78 Å². The molecule has 0 aliphatic carbocycles. The first-order chi connectivity index (χ1) is 9.49. The van der Waals surface area contributed by atoms with Gasteiger partial charge in [0.25, 0.3) is 5.91 Å². The van der Waals surface area contributed by atoms with Crippen molar-refractivity contribution in [2.75, 3.05) is 0 Å². The molecule has 0 saturated heterocycles. The Hall–Kier alpha value is -1.75. The Morgan fingerprint density at radius 3 is 2.55 bits per heavy atom. The van der Waals surface area contributed by atoms with Gasteiger partial charge < -0.3 is 5.32 Å². The van der Waals surface area contributed by atoms with Crippen LogP contribution in [0.5, 0.6) is 0 Å². The molecule has 2 aromatic rings. The molecule has 2 nitrogen and oxygen atoms in total. The summed E-state index contributed by atoms with van der Waals surface area (Å²) in [6.45, 7) is 3.96. The van der Waals surface area contributed by atoms with E-state index in [1.807, 2.05) is 31.4 Å². The number of carbonyl (C=O) groups is 1. The molecule has 1 unspecified atom stereocenters. The van der Waals surface area contributed by atoms with Crippen LogP contribution in [0.4, 0.5) is 8.78 Å². The van der Waals surface area contributed by atoms with Gasteiger partial charge in [0.05, 0.1) is 11.6 Å². The zero-order chi connectivity index (χ0) is 14.7. The highest BCUT2D eigenvalue weighted by molar-refractivity contribution is 7.10. The van der Waals surface area contributed by atoms with Crippen molar-refractivity contribution in [1.82, 2.24) is 5.32 Å². The zero-order valence-electron chi connectivity index (χ0n) is 11.2. The first-order valence-corrected chi connectivity index (χ1v) is 7.16. The molecule has 0 radical (unpaired) electrons. The van der Waals surface area contributed by atoms with Crippen LogP contribution in [0, 0.1) is 17.6 Å². The van der Waals surface area contributed by atoms with E-state index in [0.29, 0.717) is 6.07 Å². The van der Waals surface area contributed by atoms with Gasteiger partial charge in [0.1, 0.15) is 11.6 Å². The first-order valence-electron chi connectivity index (χ1n) is 6.28. The summed E-state index contributed by atoms with van der Waals surface area (Å²) in [5.74, 6) is -1.91. The van der Waals surface area contributed by atoms with E-state index in [2.05, 4.69) is 5.32 Å². The summed E-state index contributed by atoms with van der Waals surface area (Å²) in [7, 11) is 0. The maximum Gasteiger partial charge on any atom is 0.254 e. The number of carbonyl (C=O) groups excluding carboxylic acids is 1. The molecule has 0 saturated carbocycles. The van der Waals surface area contributed by atoms with Crippen LogP contribution in [-0.2, 0) is 0 Å². The second-order valence-corrected chi connectivity index (χ2v) is 5.81. The van der Waals surface area contributed by atoms with E-state index in [1.165, 1.54) is 11.3 Å². The molecule has 1 aromatic heterocycles. The minimum atomic E-state index is -0.851. The van der Waals surface area contributed by atoms with E-state index in [-0.39, 0.29) is 17.5 Å². The Kier molecular flexibility index (Phi) is 4.49. The number of rotatable bonds is 4. The maximum atomic E-state index is 13.6. The SMILES string of the molecule is CC(C)C(NC(=O)c1ccc(F)cc1F)c1cccs1. The molecule has 0 bridgehead atoms. The third kappa shape index (κ3) is 3.22.